The van der Waals surface area contributed by atoms with E-state index in [1.54, 1.807) is 4.57 Å². The van der Waals surface area contributed by atoms with Gasteiger partial charge in [-0.3, -0.25) is 13.9 Å². The number of fused-ring (bicyclic) bond motifs is 4. The SMILES string of the molecule is CC[C@@H](C)n1c(C)nc2c(c1=O)c1nc3ccccc3nc1n2-c1ccccc1Cl. The molecule has 0 fully saturated rings. The van der Waals surface area contributed by atoms with Crippen molar-refractivity contribution in [3.05, 3.63) is 69.7 Å². The molecule has 0 bridgehead atoms. The van der Waals surface area contributed by atoms with Gasteiger partial charge in [-0.15, -0.1) is 0 Å². The van der Waals surface area contributed by atoms with Gasteiger partial charge in [-0.05, 0) is 44.5 Å². The molecule has 7 heteroatoms. The lowest BCUT2D eigenvalue weighted by molar-refractivity contribution is 0.497. The summed E-state index contributed by atoms with van der Waals surface area (Å²) in [6, 6.07) is 15.2. The van der Waals surface area contributed by atoms with Crippen molar-refractivity contribution in [2.24, 2.45) is 0 Å². The molecule has 0 aliphatic carbocycles. The second kappa shape index (κ2) is 6.92. The standard InChI is InChI=1S/C23H20ClN5O/c1-4-13(2)28-14(3)25-21-19(23(28)30)20-22(27-17-11-7-6-10-16(17)26-20)29(21)18-12-8-5-9-15(18)24/h5-13H,4H2,1-3H3/t13-/m1/s1. The van der Waals surface area contributed by atoms with E-state index < -0.39 is 0 Å². The zero-order chi connectivity index (χ0) is 21.0. The number of rotatable bonds is 3. The van der Waals surface area contributed by atoms with Gasteiger partial charge in [0.2, 0.25) is 0 Å². The van der Waals surface area contributed by atoms with Crippen LogP contribution < -0.4 is 5.56 Å². The normalized spacial score (nSPS) is 12.8. The molecule has 2 aromatic carbocycles. The molecule has 0 saturated carbocycles. The summed E-state index contributed by atoms with van der Waals surface area (Å²) in [6.45, 7) is 5.94. The lowest BCUT2D eigenvalue weighted by atomic mass is 10.2. The number of hydrogen-bond acceptors (Lipinski definition) is 4. The monoisotopic (exact) mass is 417 g/mol. The summed E-state index contributed by atoms with van der Waals surface area (Å²) in [7, 11) is 0. The van der Waals surface area contributed by atoms with Crippen molar-refractivity contribution < 1.29 is 0 Å². The Hall–Kier alpha value is -3.25. The fourth-order valence-corrected chi connectivity index (χ4v) is 4.19. The maximum Gasteiger partial charge on any atom is 0.265 e. The van der Waals surface area contributed by atoms with Crippen LogP contribution in [-0.4, -0.2) is 24.1 Å². The van der Waals surface area contributed by atoms with Gasteiger partial charge in [-0.2, -0.15) is 0 Å². The van der Waals surface area contributed by atoms with E-state index in [9.17, 15) is 4.79 Å². The molecule has 0 N–H and O–H groups in total. The highest BCUT2D eigenvalue weighted by atomic mass is 35.5. The van der Waals surface area contributed by atoms with E-state index in [1.807, 2.05) is 66.9 Å². The first-order chi connectivity index (χ1) is 14.5. The highest BCUT2D eigenvalue weighted by molar-refractivity contribution is 6.32. The molecule has 0 aliphatic heterocycles. The molecule has 0 aliphatic rings. The third-order valence-corrected chi connectivity index (χ3v) is 5.93. The number of nitrogens with zero attached hydrogens (tertiary/aromatic N) is 5. The number of hydrogen-bond donors (Lipinski definition) is 0. The molecule has 5 aromatic rings. The van der Waals surface area contributed by atoms with Gasteiger partial charge in [0.25, 0.3) is 5.56 Å². The quantitative estimate of drug-likeness (QED) is 0.404. The molecule has 5 rings (SSSR count). The molecule has 30 heavy (non-hydrogen) atoms. The number of benzene rings is 2. The van der Waals surface area contributed by atoms with Crippen molar-refractivity contribution in [2.45, 2.75) is 33.2 Å². The second-order valence-electron chi connectivity index (χ2n) is 7.46. The highest BCUT2D eigenvalue weighted by Gasteiger charge is 2.24. The average Bonchev–Trinajstić information content (AvgIpc) is 3.05. The van der Waals surface area contributed by atoms with Crippen LogP contribution in [0.25, 0.3) is 38.9 Å². The van der Waals surface area contributed by atoms with E-state index in [1.165, 1.54) is 0 Å². The molecule has 3 heterocycles. The van der Waals surface area contributed by atoms with Crippen LogP contribution >= 0.6 is 11.6 Å². The Morgan fingerprint density at radius 3 is 2.33 bits per heavy atom. The van der Waals surface area contributed by atoms with Crippen LogP contribution in [0.2, 0.25) is 5.02 Å². The van der Waals surface area contributed by atoms with Gasteiger partial charge in [0.1, 0.15) is 16.7 Å². The van der Waals surface area contributed by atoms with Crippen LogP contribution in [0.5, 0.6) is 0 Å². The minimum atomic E-state index is -0.104. The zero-order valence-electron chi connectivity index (χ0n) is 16.9. The van der Waals surface area contributed by atoms with Gasteiger partial charge in [-0.25, -0.2) is 15.0 Å². The topological polar surface area (TPSA) is 65.6 Å². The van der Waals surface area contributed by atoms with Crippen LogP contribution in [0.15, 0.2) is 53.3 Å². The number of halogens is 1. The van der Waals surface area contributed by atoms with Gasteiger partial charge in [0.05, 0.1) is 21.7 Å². The Balaban J connectivity index is 2.05. The molecular formula is C23H20ClN5O. The number of para-hydroxylation sites is 3. The first-order valence-electron chi connectivity index (χ1n) is 9.96. The van der Waals surface area contributed by atoms with E-state index in [2.05, 4.69) is 6.92 Å². The van der Waals surface area contributed by atoms with E-state index >= 15 is 0 Å². The lowest BCUT2D eigenvalue weighted by Gasteiger charge is -2.16. The van der Waals surface area contributed by atoms with Gasteiger partial charge in [-0.1, -0.05) is 42.8 Å². The first-order valence-corrected chi connectivity index (χ1v) is 10.3. The van der Waals surface area contributed by atoms with Gasteiger partial charge < -0.3 is 0 Å². The second-order valence-corrected chi connectivity index (χ2v) is 7.87. The largest absolute Gasteiger partial charge is 0.293 e. The van der Waals surface area contributed by atoms with Crippen molar-refractivity contribution in [3.8, 4) is 5.69 Å². The number of aromatic nitrogens is 5. The Bertz CT molecular complexity index is 1500. The third-order valence-electron chi connectivity index (χ3n) is 5.61. The first kappa shape index (κ1) is 18.8. The summed E-state index contributed by atoms with van der Waals surface area (Å²) < 4.78 is 3.59. The Kier molecular flexibility index (Phi) is 4.33. The average molecular weight is 418 g/mol. The van der Waals surface area contributed by atoms with E-state index in [-0.39, 0.29) is 11.6 Å². The highest BCUT2D eigenvalue weighted by Crippen LogP contribution is 2.31. The molecule has 1 atom stereocenters. The minimum Gasteiger partial charge on any atom is -0.293 e. The van der Waals surface area contributed by atoms with Gasteiger partial charge in [0.15, 0.2) is 11.3 Å². The fraction of sp³-hybridized carbons (Fsp3) is 0.217. The maximum absolute atomic E-state index is 13.6. The van der Waals surface area contributed by atoms with Crippen molar-refractivity contribution >= 4 is 44.8 Å². The maximum atomic E-state index is 13.6. The molecule has 0 unspecified atom stereocenters. The summed E-state index contributed by atoms with van der Waals surface area (Å²) in [4.78, 5) is 28.1. The van der Waals surface area contributed by atoms with Gasteiger partial charge >= 0.3 is 0 Å². The Labute approximate surface area is 177 Å². The van der Waals surface area contributed by atoms with Crippen molar-refractivity contribution in [2.75, 3.05) is 0 Å². The molecule has 0 radical (unpaired) electrons. The van der Waals surface area contributed by atoms with E-state index in [4.69, 9.17) is 26.6 Å². The van der Waals surface area contributed by atoms with Crippen LogP contribution in [-0.2, 0) is 0 Å². The molecule has 0 amide bonds. The molecule has 0 spiro atoms. The van der Waals surface area contributed by atoms with Crippen LogP contribution in [0.1, 0.15) is 32.1 Å². The van der Waals surface area contributed by atoms with Gasteiger partial charge in [0, 0.05) is 6.04 Å². The Morgan fingerprint density at radius 1 is 0.967 bits per heavy atom. The predicted molar refractivity (Wildman–Crippen MR) is 121 cm³/mol. The summed E-state index contributed by atoms with van der Waals surface area (Å²) >= 11 is 6.54. The summed E-state index contributed by atoms with van der Waals surface area (Å²) in [5.74, 6) is 0.655. The summed E-state index contributed by atoms with van der Waals surface area (Å²) in [6.07, 6.45) is 0.825. The number of aryl methyl sites for hydroxylation is 1. The van der Waals surface area contributed by atoms with Crippen LogP contribution in [0, 0.1) is 6.92 Å². The van der Waals surface area contributed by atoms with E-state index in [0.717, 1.165) is 23.1 Å². The molecular weight excluding hydrogens is 398 g/mol. The van der Waals surface area contributed by atoms with Crippen LogP contribution in [0.4, 0.5) is 0 Å². The smallest absolute Gasteiger partial charge is 0.265 e. The molecule has 6 nitrogen and oxygen atoms in total. The van der Waals surface area contributed by atoms with E-state index in [0.29, 0.717) is 33.0 Å². The van der Waals surface area contributed by atoms with Crippen LogP contribution in [0.3, 0.4) is 0 Å². The fourth-order valence-electron chi connectivity index (χ4n) is 3.97. The summed E-state index contributed by atoms with van der Waals surface area (Å²) in [5, 5.41) is 1.02. The minimum absolute atomic E-state index is 0.0292. The zero-order valence-corrected chi connectivity index (χ0v) is 17.7. The summed E-state index contributed by atoms with van der Waals surface area (Å²) in [5.41, 5.74) is 3.73. The van der Waals surface area contributed by atoms with Crippen molar-refractivity contribution in [1.82, 2.24) is 24.1 Å². The predicted octanol–water partition coefficient (Wildman–Crippen LogP) is 5.22. The van der Waals surface area contributed by atoms with Crippen molar-refractivity contribution in [1.29, 1.82) is 0 Å². The van der Waals surface area contributed by atoms with Crippen molar-refractivity contribution in [3.63, 3.8) is 0 Å². The molecule has 150 valence electrons. The third kappa shape index (κ3) is 2.64. The molecule has 0 saturated heterocycles. The Morgan fingerprint density at radius 2 is 1.63 bits per heavy atom. The molecule has 3 aromatic heterocycles. The lowest BCUT2D eigenvalue weighted by Crippen LogP contribution is -2.26.